The smallest absolute Gasteiger partial charge is 0.387 e. The molecule has 64 heavy (non-hydrogen) atoms. The van der Waals surface area contributed by atoms with E-state index in [1.807, 2.05) is 18.2 Å². The summed E-state index contributed by atoms with van der Waals surface area (Å²) in [6.07, 6.45) is -2.92. The van der Waals surface area contributed by atoms with Crippen LogP contribution in [0.4, 0.5) is 11.5 Å². The summed E-state index contributed by atoms with van der Waals surface area (Å²) in [5.74, 6) is 0.0502. The number of ether oxygens (including phenoxy) is 4. The third kappa shape index (κ3) is 9.79. The van der Waals surface area contributed by atoms with Crippen LogP contribution in [-0.2, 0) is 48.5 Å². The van der Waals surface area contributed by atoms with Gasteiger partial charge < -0.3 is 64.8 Å². The molecular weight excluding hydrogens is 888 g/mol. The van der Waals surface area contributed by atoms with Crippen molar-refractivity contribution < 1.29 is 71.6 Å². The maximum atomic E-state index is 12.9. The van der Waals surface area contributed by atoms with Gasteiger partial charge >= 0.3 is 15.6 Å². The van der Waals surface area contributed by atoms with E-state index < -0.39 is 77.9 Å². The van der Waals surface area contributed by atoms with Gasteiger partial charge in [-0.1, -0.05) is 6.07 Å². The fourth-order valence-corrected chi connectivity index (χ4v) is 10.1. The maximum Gasteiger partial charge on any atom is 0.481 e. The Morgan fingerprint density at radius 2 is 1.55 bits per heavy atom. The van der Waals surface area contributed by atoms with Crippen LogP contribution in [0.1, 0.15) is 38.1 Å². The van der Waals surface area contributed by atoms with Gasteiger partial charge in [-0.15, -0.1) is 0 Å². The number of benzene rings is 1. The summed E-state index contributed by atoms with van der Waals surface area (Å²) in [5.41, 5.74) is 8.70. The average Bonchev–Trinajstić information content (AvgIpc) is 4.05. The van der Waals surface area contributed by atoms with Crippen molar-refractivity contribution in [2.45, 2.75) is 86.9 Å². The van der Waals surface area contributed by atoms with Crippen molar-refractivity contribution in [3.8, 4) is 11.1 Å². The number of aliphatic hydroxyl groups excluding tert-OH is 4. The van der Waals surface area contributed by atoms with E-state index in [1.165, 1.54) is 21.8 Å². The second-order valence-electron chi connectivity index (χ2n) is 15.7. The lowest BCUT2D eigenvalue weighted by Crippen LogP contribution is -2.34. The number of nitrogens with two attached hydrogens (primary N) is 1. The molecule has 1 saturated carbocycles. The van der Waals surface area contributed by atoms with E-state index in [0.717, 1.165) is 43.0 Å². The molecule has 348 valence electrons. The molecule has 1 aromatic carbocycles. The van der Waals surface area contributed by atoms with Crippen molar-refractivity contribution in [1.29, 1.82) is 0 Å². The molecule has 2 unspecified atom stereocenters. The highest BCUT2D eigenvalue weighted by Crippen LogP contribution is 2.61. The number of aromatic nitrogens is 7. The van der Waals surface area contributed by atoms with Gasteiger partial charge in [-0.2, -0.15) is 9.41 Å². The van der Waals surface area contributed by atoms with Gasteiger partial charge in [0.2, 0.25) is 0 Å². The Bertz CT molecular complexity index is 2610. The highest BCUT2D eigenvalue weighted by molar-refractivity contribution is 7.61. The zero-order valence-corrected chi connectivity index (χ0v) is 36.2. The lowest BCUT2D eigenvalue weighted by atomic mass is 9.92. The van der Waals surface area contributed by atoms with Crippen molar-refractivity contribution in [3.63, 3.8) is 0 Å². The minimum absolute atomic E-state index is 0.0502. The number of phosphoric acid groups is 2. The first-order valence-electron chi connectivity index (χ1n) is 20.2. The number of anilines is 2. The van der Waals surface area contributed by atoms with Gasteiger partial charge in [0.25, 0.3) is 5.56 Å². The molecule has 2 aliphatic heterocycles. The molecule has 3 aliphatic rings. The first-order chi connectivity index (χ1) is 30.5. The molecule has 9 N–H and O–H groups in total. The van der Waals surface area contributed by atoms with Gasteiger partial charge in [0.15, 0.2) is 23.9 Å². The lowest BCUT2D eigenvalue weighted by Gasteiger charge is -2.30. The molecule has 10 atom stereocenters. The van der Waals surface area contributed by atoms with E-state index in [-0.39, 0.29) is 34.7 Å². The SMILES string of the molecule is COCCOC1CCC(Nc2cc(=O)n(C)c3ccc(-c4cnn([C@@H]5O[C@H](COP(=O)(O)OP(=O)(O)OC[C@H]6O[C@@H](n7cnc8c(N)ncnc87)[C@H](O)[C@@H]6O)[C@@H](O)[C@H]5O)c4)cc23)CC1. The number of hydrogen-bond donors (Lipinski definition) is 8. The van der Waals surface area contributed by atoms with Crippen LogP contribution in [0.2, 0.25) is 0 Å². The standard InChI is InChI=1S/C37H49N9O16P2/c1-44-25-8-3-19(11-23(25)24(12-28(44)47)43-21-4-6-22(7-5-21)57-10-9-56-2)20-13-42-46(14-20)37-33(51)31(49)27(61-37)16-59-64(54,55)62-63(52,53)58-15-26-30(48)32(50)36(60-26)45-18-41-29-34(38)39-17-40-35(29)45/h3,8,11-14,17-18,21-22,26-27,30-33,36-37,43,48-51H,4-7,9-10,15-16H2,1-2H3,(H,52,53)(H,54,55)(H2,38,39,40)/t21?,22?,26-,27-,30-,31-,32-,33-,36-,37-/m1/s1. The molecular formula is C37H49N9O16P2. The van der Waals surface area contributed by atoms with Crippen LogP contribution in [0.3, 0.4) is 0 Å². The highest BCUT2D eigenvalue weighted by Gasteiger charge is 2.48. The zero-order valence-electron chi connectivity index (χ0n) is 34.4. The average molecular weight is 938 g/mol. The number of methoxy groups -OCH3 is 1. The van der Waals surface area contributed by atoms with Crippen molar-refractivity contribution in [1.82, 2.24) is 33.9 Å². The third-order valence-electron chi connectivity index (χ3n) is 11.5. The van der Waals surface area contributed by atoms with E-state index in [4.69, 9.17) is 33.7 Å². The summed E-state index contributed by atoms with van der Waals surface area (Å²) in [4.78, 5) is 45.5. The second-order valence-corrected chi connectivity index (χ2v) is 18.7. The van der Waals surface area contributed by atoms with Crippen molar-refractivity contribution >= 4 is 49.2 Å². The van der Waals surface area contributed by atoms with E-state index >= 15 is 0 Å². The first-order valence-corrected chi connectivity index (χ1v) is 23.2. The minimum Gasteiger partial charge on any atom is -0.387 e. The van der Waals surface area contributed by atoms with Crippen LogP contribution in [-0.4, -0.2) is 146 Å². The van der Waals surface area contributed by atoms with E-state index in [2.05, 4.69) is 29.7 Å². The summed E-state index contributed by atoms with van der Waals surface area (Å²) in [6, 6.07) is 7.25. The Labute approximate surface area is 363 Å². The first kappa shape index (κ1) is 46.3. The Balaban J connectivity index is 0.866. The molecule has 8 rings (SSSR count). The van der Waals surface area contributed by atoms with Gasteiger partial charge in [-0.05, 0) is 43.4 Å². The number of hydrogen-bond acceptors (Lipinski definition) is 20. The van der Waals surface area contributed by atoms with Gasteiger partial charge in [-0.25, -0.2) is 28.8 Å². The molecule has 25 nitrogen and oxygen atoms in total. The Morgan fingerprint density at radius 3 is 2.23 bits per heavy atom. The molecule has 6 heterocycles. The van der Waals surface area contributed by atoms with Gasteiger partial charge in [0.05, 0.1) is 50.6 Å². The van der Waals surface area contributed by atoms with Crippen LogP contribution in [0.15, 0.2) is 54.1 Å². The minimum atomic E-state index is -5.43. The normalized spacial score (nSPS) is 29.3. The predicted molar refractivity (Wildman–Crippen MR) is 222 cm³/mol. The molecule has 1 aliphatic carbocycles. The van der Waals surface area contributed by atoms with Crippen LogP contribution in [0, 0.1) is 0 Å². The molecule has 0 radical (unpaired) electrons. The predicted octanol–water partition coefficient (Wildman–Crippen LogP) is 0.699. The summed E-state index contributed by atoms with van der Waals surface area (Å²) in [7, 11) is -7.52. The summed E-state index contributed by atoms with van der Waals surface area (Å²) >= 11 is 0. The molecule has 0 bridgehead atoms. The summed E-state index contributed by atoms with van der Waals surface area (Å²) in [5, 5.41) is 51.6. The second kappa shape index (κ2) is 18.9. The number of phosphoric ester groups is 2. The van der Waals surface area contributed by atoms with Crippen molar-refractivity contribution in [2.75, 3.05) is 44.6 Å². The number of rotatable bonds is 17. The van der Waals surface area contributed by atoms with Crippen molar-refractivity contribution in [2.24, 2.45) is 7.05 Å². The summed E-state index contributed by atoms with van der Waals surface area (Å²) < 4.78 is 66.0. The molecule has 3 fully saturated rings. The number of nitrogens with zero attached hydrogens (tertiary/aromatic N) is 7. The number of pyridine rings is 1. The van der Waals surface area contributed by atoms with E-state index in [1.54, 1.807) is 31.0 Å². The topological polar surface area (TPSA) is 342 Å². The molecule has 27 heteroatoms. The Morgan fingerprint density at radius 1 is 0.875 bits per heavy atom. The van der Waals surface area contributed by atoms with Gasteiger partial charge in [0.1, 0.15) is 48.5 Å². The molecule has 4 aromatic heterocycles. The summed E-state index contributed by atoms with van der Waals surface area (Å²) in [6.45, 7) is -0.724. The zero-order chi connectivity index (χ0) is 45.5. The number of aliphatic hydroxyl groups is 4. The third-order valence-corrected chi connectivity index (χ3v) is 14.1. The fraction of sp³-hybridized carbons (Fsp3) is 0.541. The van der Waals surface area contributed by atoms with Crippen LogP contribution in [0.5, 0.6) is 0 Å². The monoisotopic (exact) mass is 937 g/mol. The molecule has 2 saturated heterocycles. The van der Waals surface area contributed by atoms with Gasteiger partial charge in [0, 0.05) is 49.1 Å². The largest absolute Gasteiger partial charge is 0.481 e. The number of nitrogen functional groups attached to an aromatic ring is 1. The van der Waals surface area contributed by atoms with Crippen LogP contribution >= 0.6 is 15.6 Å². The number of aryl methyl sites for hydroxylation is 1. The quantitative estimate of drug-likeness (QED) is 0.0470. The van der Waals surface area contributed by atoms with Crippen molar-refractivity contribution in [3.05, 3.63) is 59.7 Å². The Kier molecular flexibility index (Phi) is 13.7. The number of nitrogens with one attached hydrogen (secondary N) is 1. The van der Waals surface area contributed by atoms with E-state index in [9.17, 15) is 44.1 Å². The lowest BCUT2D eigenvalue weighted by molar-refractivity contribution is -0.0585. The van der Waals surface area contributed by atoms with E-state index in [0.29, 0.717) is 30.0 Å². The highest BCUT2D eigenvalue weighted by atomic mass is 31.3. The van der Waals surface area contributed by atoms with Crippen LogP contribution < -0.4 is 16.6 Å². The maximum absolute atomic E-state index is 12.9. The molecule has 5 aromatic rings. The fourth-order valence-electron chi connectivity index (χ4n) is 8.03. The Hall–Kier alpha value is -4.27. The number of fused-ring (bicyclic) bond motifs is 2. The van der Waals surface area contributed by atoms with Crippen LogP contribution in [0.25, 0.3) is 33.2 Å². The molecule has 0 amide bonds. The molecule has 0 spiro atoms. The van der Waals surface area contributed by atoms with Gasteiger partial charge in [-0.3, -0.25) is 18.4 Å². The number of imidazole rings is 1.